The van der Waals surface area contributed by atoms with Crippen LogP contribution in [0.3, 0.4) is 0 Å². The number of methoxy groups -OCH3 is 3. The first-order valence-corrected chi connectivity index (χ1v) is 13.5. The van der Waals surface area contributed by atoms with E-state index in [1.807, 2.05) is 18.2 Å². The second-order valence-corrected chi connectivity index (χ2v) is 10.5. The molecule has 228 valence electrons. The van der Waals surface area contributed by atoms with E-state index in [-0.39, 0.29) is 28.9 Å². The van der Waals surface area contributed by atoms with E-state index in [2.05, 4.69) is 25.5 Å². The molecular weight excluding hydrogens is 550 g/mol. The highest BCUT2D eigenvalue weighted by molar-refractivity contribution is 5.67. The molecule has 1 fully saturated rings. The quantitative estimate of drug-likeness (QED) is 0.231. The van der Waals surface area contributed by atoms with Crippen LogP contribution in [0, 0.1) is 11.6 Å². The molecule has 0 aliphatic carbocycles. The number of nitrogens with two attached hydrogens (primary N) is 1. The Bertz CT molecular complexity index is 1320. The molecule has 11 nitrogen and oxygen atoms in total. The highest BCUT2D eigenvalue weighted by Gasteiger charge is 2.28. The molecule has 2 heterocycles. The summed E-state index contributed by atoms with van der Waals surface area (Å²) in [6, 6.07) is 7.09. The van der Waals surface area contributed by atoms with Gasteiger partial charge in [-0.2, -0.15) is 0 Å². The fourth-order valence-corrected chi connectivity index (χ4v) is 4.56. The molecule has 1 atom stereocenters. The van der Waals surface area contributed by atoms with Crippen LogP contribution in [-0.2, 0) is 6.61 Å². The van der Waals surface area contributed by atoms with Gasteiger partial charge in [-0.05, 0) is 38.8 Å². The molecule has 1 aromatic heterocycles. The summed E-state index contributed by atoms with van der Waals surface area (Å²) in [5.74, 6) is -0.845. The highest BCUT2D eigenvalue weighted by atomic mass is 19.1. The molecule has 42 heavy (non-hydrogen) atoms. The Labute approximate surface area is 244 Å². The second-order valence-electron chi connectivity index (χ2n) is 10.5. The lowest BCUT2D eigenvalue weighted by atomic mass is 10.0. The van der Waals surface area contributed by atoms with Gasteiger partial charge < -0.3 is 40.0 Å². The van der Waals surface area contributed by atoms with E-state index in [1.54, 1.807) is 21.0 Å². The number of benzene rings is 2. The number of hydrogen-bond donors (Lipinski definition) is 4. The molecule has 1 aliphatic heterocycles. The van der Waals surface area contributed by atoms with Crippen molar-refractivity contribution in [2.24, 2.45) is 5.73 Å². The summed E-state index contributed by atoms with van der Waals surface area (Å²) in [4.78, 5) is 10.7. The average Bonchev–Trinajstić information content (AvgIpc) is 2.98. The first-order valence-electron chi connectivity index (χ1n) is 13.5. The number of aliphatic hydroxyl groups is 1. The number of nitrogens with zero attached hydrogens (tertiary/aromatic N) is 3. The van der Waals surface area contributed by atoms with Crippen LogP contribution in [0.15, 0.2) is 36.7 Å². The standard InChI is InChI=1S/C29H38F2N6O5/c1-29(2,38)27(32)35-17-8-10-37(11-9-17)21-7-6-18(12-22(21)39-3)36-28-33-14-19(15-34-28)42-16-20-25(30)23(40-4)13-24(41-5)26(20)31/h6-7,12-15,17,27,35,38H,8-11,16,32H2,1-5H3,(H,33,34,36)/t27-/m1/s1. The average molecular weight is 589 g/mol. The molecule has 1 saturated heterocycles. The van der Waals surface area contributed by atoms with E-state index >= 15 is 0 Å². The maximum Gasteiger partial charge on any atom is 0.227 e. The molecule has 0 amide bonds. The van der Waals surface area contributed by atoms with Crippen LogP contribution >= 0.6 is 0 Å². The van der Waals surface area contributed by atoms with Gasteiger partial charge in [0.05, 0.1) is 56.7 Å². The minimum Gasteiger partial charge on any atom is -0.495 e. The molecule has 0 bridgehead atoms. The normalized spacial score (nSPS) is 14.8. The summed E-state index contributed by atoms with van der Waals surface area (Å²) in [5, 5.41) is 16.6. The monoisotopic (exact) mass is 588 g/mol. The summed E-state index contributed by atoms with van der Waals surface area (Å²) in [6.07, 6.45) is 4.05. The topological polar surface area (TPSA) is 136 Å². The van der Waals surface area contributed by atoms with Gasteiger partial charge in [-0.3, -0.25) is 5.32 Å². The van der Waals surface area contributed by atoms with E-state index in [9.17, 15) is 13.9 Å². The van der Waals surface area contributed by atoms with Crippen molar-refractivity contribution in [3.63, 3.8) is 0 Å². The number of hydrogen-bond acceptors (Lipinski definition) is 11. The van der Waals surface area contributed by atoms with Crippen molar-refractivity contribution in [1.29, 1.82) is 0 Å². The van der Waals surface area contributed by atoms with Crippen LogP contribution < -0.4 is 40.2 Å². The highest BCUT2D eigenvalue weighted by Crippen LogP contribution is 2.34. The second kappa shape index (κ2) is 13.4. The molecule has 0 unspecified atom stereocenters. The van der Waals surface area contributed by atoms with Gasteiger partial charge in [0.25, 0.3) is 0 Å². The van der Waals surface area contributed by atoms with Crippen LogP contribution in [0.2, 0.25) is 0 Å². The van der Waals surface area contributed by atoms with Gasteiger partial charge in [-0.15, -0.1) is 0 Å². The summed E-state index contributed by atoms with van der Waals surface area (Å²) < 4.78 is 50.3. The van der Waals surface area contributed by atoms with Gasteiger partial charge >= 0.3 is 0 Å². The van der Waals surface area contributed by atoms with Crippen molar-refractivity contribution in [1.82, 2.24) is 15.3 Å². The Morgan fingerprint density at radius 2 is 1.60 bits per heavy atom. The Balaban J connectivity index is 1.36. The summed E-state index contributed by atoms with van der Waals surface area (Å²) in [5.41, 5.74) is 6.42. The molecule has 2 aromatic carbocycles. The zero-order valence-electron chi connectivity index (χ0n) is 24.4. The van der Waals surface area contributed by atoms with Gasteiger partial charge in [0, 0.05) is 37.0 Å². The van der Waals surface area contributed by atoms with Crippen LogP contribution in [-0.4, -0.2) is 67.3 Å². The summed E-state index contributed by atoms with van der Waals surface area (Å²) in [6.45, 7) is 4.58. The summed E-state index contributed by atoms with van der Waals surface area (Å²) >= 11 is 0. The number of rotatable bonds is 12. The van der Waals surface area contributed by atoms with Gasteiger partial charge in [0.15, 0.2) is 28.9 Å². The van der Waals surface area contributed by atoms with Crippen molar-refractivity contribution < 1.29 is 32.8 Å². The van der Waals surface area contributed by atoms with E-state index < -0.39 is 30.0 Å². The van der Waals surface area contributed by atoms with Gasteiger partial charge in [0.1, 0.15) is 12.4 Å². The first-order chi connectivity index (χ1) is 20.0. The lowest BCUT2D eigenvalue weighted by molar-refractivity contribution is 0.0339. The van der Waals surface area contributed by atoms with Crippen molar-refractivity contribution in [2.75, 3.05) is 44.6 Å². The van der Waals surface area contributed by atoms with E-state index in [1.165, 1.54) is 26.6 Å². The predicted molar refractivity (Wildman–Crippen MR) is 155 cm³/mol. The Hall–Kier alpha value is -3.94. The molecule has 1 aliphatic rings. The molecular formula is C29H38F2N6O5. The van der Waals surface area contributed by atoms with Crippen molar-refractivity contribution in [3.05, 3.63) is 53.9 Å². The number of anilines is 3. The SMILES string of the molecule is COc1cc(Nc2ncc(OCc3c(F)c(OC)cc(OC)c3F)cn2)ccc1N1CCC(N[C@@H](N)C(C)(C)O)CC1. The molecule has 4 rings (SSSR count). The Kier molecular flexibility index (Phi) is 9.86. The van der Waals surface area contributed by atoms with E-state index in [4.69, 9.17) is 24.7 Å². The molecule has 0 spiro atoms. The summed E-state index contributed by atoms with van der Waals surface area (Å²) in [7, 11) is 4.18. The van der Waals surface area contributed by atoms with Gasteiger partial charge in [-0.1, -0.05) is 0 Å². The van der Waals surface area contributed by atoms with Gasteiger partial charge in [0.2, 0.25) is 5.95 Å². The molecule has 0 saturated carbocycles. The Morgan fingerprint density at radius 1 is 1.00 bits per heavy atom. The largest absolute Gasteiger partial charge is 0.495 e. The lowest BCUT2D eigenvalue weighted by Crippen LogP contribution is -2.58. The fourth-order valence-electron chi connectivity index (χ4n) is 4.56. The fraction of sp³-hybridized carbons (Fsp3) is 0.448. The number of aromatic nitrogens is 2. The third-order valence-electron chi connectivity index (χ3n) is 7.12. The molecule has 13 heteroatoms. The minimum atomic E-state index is -0.996. The predicted octanol–water partition coefficient (Wildman–Crippen LogP) is 3.72. The van der Waals surface area contributed by atoms with Gasteiger partial charge in [-0.25, -0.2) is 18.7 Å². The number of ether oxygens (including phenoxy) is 4. The van der Waals surface area contributed by atoms with Crippen molar-refractivity contribution in [2.45, 2.75) is 51.1 Å². The molecule has 3 aromatic rings. The van der Waals surface area contributed by atoms with Crippen LogP contribution in [0.5, 0.6) is 23.0 Å². The number of halogens is 2. The zero-order valence-corrected chi connectivity index (χ0v) is 24.4. The molecule has 0 radical (unpaired) electrons. The van der Waals surface area contributed by atoms with E-state index in [0.29, 0.717) is 17.4 Å². The number of piperidine rings is 1. The van der Waals surface area contributed by atoms with Crippen LogP contribution in [0.25, 0.3) is 0 Å². The van der Waals surface area contributed by atoms with E-state index in [0.717, 1.165) is 37.7 Å². The maximum atomic E-state index is 14.6. The Morgan fingerprint density at radius 3 is 2.14 bits per heavy atom. The van der Waals surface area contributed by atoms with Crippen molar-refractivity contribution in [3.8, 4) is 23.0 Å². The number of nitrogens with one attached hydrogen (secondary N) is 2. The van der Waals surface area contributed by atoms with Crippen molar-refractivity contribution >= 4 is 17.3 Å². The van der Waals surface area contributed by atoms with Crippen LogP contribution in [0.4, 0.5) is 26.1 Å². The zero-order chi connectivity index (χ0) is 30.4. The maximum absolute atomic E-state index is 14.6. The lowest BCUT2D eigenvalue weighted by Gasteiger charge is -2.37. The molecule has 5 N–H and O–H groups in total. The third-order valence-corrected chi connectivity index (χ3v) is 7.12. The third kappa shape index (κ3) is 7.27. The van der Waals surface area contributed by atoms with Crippen LogP contribution in [0.1, 0.15) is 32.3 Å². The first kappa shape index (κ1) is 31.0. The smallest absolute Gasteiger partial charge is 0.227 e. The minimum absolute atomic E-state index is 0.155.